The highest BCUT2D eigenvalue weighted by molar-refractivity contribution is 5.94. The first kappa shape index (κ1) is 9.67. The number of nitrogens with one attached hydrogen (secondary N) is 1. The molecule has 0 aromatic carbocycles. The molecular weight excluding hydrogens is 192 g/mol. The molecule has 0 aliphatic rings. The Labute approximate surface area is 86.9 Å². The van der Waals surface area contributed by atoms with Gasteiger partial charge < -0.3 is 15.5 Å². The second-order valence-electron chi connectivity index (χ2n) is 3.15. The maximum absolute atomic E-state index is 11.6. The van der Waals surface area contributed by atoms with E-state index >= 15 is 0 Å². The molecule has 5 heteroatoms. The van der Waals surface area contributed by atoms with Gasteiger partial charge in [-0.05, 0) is 12.1 Å². The predicted molar refractivity (Wildman–Crippen MR) is 56.6 cm³/mol. The van der Waals surface area contributed by atoms with Crippen LogP contribution < -0.4 is 11.1 Å². The van der Waals surface area contributed by atoms with E-state index in [1.807, 2.05) is 10.6 Å². The van der Waals surface area contributed by atoms with Crippen molar-refractivity contribution in [3.05, 3.63) is 36.3 Å². The molecule has 15 heavy (non-hydrogen) atoms. The van der Waals surface area contributed by atoms with Crippen molar-refractivity contribution in [1.82, 2.24) is 14.7 Å². The molecule has 0 saturated heterocycles. The summed E-state index contributed by atoms with van der Waals surface area (Å²) in [5, 5.41) is 2.70. The van der Waals surface area contributed by atoms with Crippen molar-refractivity contribution in [2.45, 2.75) is 0 Å². The number of nitrogens with two attached hydrogens (primary N) is 1. The van der Waals surface area contributed by atoms with Crippen LogP contribution in [0.5, 0.6) is 0 Å². The quantitative estimate of drug-likeness (QED) is 0.740. The highest BCUT2D eigenvalue weighted by Gasteiger charge is 2.05. The molecule has 0 aliphatic carbocycles. The van der Waals surface area contributed by atoms with Gasteiger partial charge in [-0.3, -0.25) is 4.79 Å². The predicted octanol–water partition coefficient (Wildman–Crippen LogP) is 0.0228. The fraction of sp³-hybridized carbons (Fsp3) is 0.200. The van der Waals surface area contributed by atoms with E-state index in [2.05, 4.69) is 10.3 Å². The zero-order valence-corrected chi connectivity index (χ0v) is 8.18. The van der Waals surface area contributed by atoms with Gasteiger partial charge in [0.25, 0.3) is 5.91 Å². The smallest absolute Gasteiger partial charge is 0.251 e. The van der Waals surface area contributed by atoms with E-state index < -0.39 is 0 Å². The lowest BCUT2D eigenvalue weighted by Gasteiger charge is -2.03. The number of carbonyl (C=O) groups is 1. The summed E-state index contributed by atoms with van der Waals surface area (Å²) in [6.07, 6.45) is 5.33. The molecule has 5 nitrogen and oxygen atoms in total. The van der Waals surface area contributed by atoms with Gasteiger partial charge in [-0.25, -0.2) is 4.98 Å². The summed E-state index contributed by atoms with van der Waals surface area (Å²) in [4.78, 5) is 15.7. The molecule has 0 bridgehead atoms. The van der Waals surface area contributed by atoms with Gasteiger partial charge >= 0.3 is 0 Å². The summed E-state index contributed by atoms with van der Waals surface area (Å²) in [7, 11) is 0. The minimum atomic E-state index is -0.119. The van der Waals surface area contributed by atoms with E-state index in [0.717, 1.165) is 5.65 Å². The van der Waals surface area contributed by atoms with Crippen molar-refractivity contribution in [3.63, 3.8) is 0 Å². The Hall–Kier alpha value is -1.88. The number of rotatable bonds is 3. The van der Waals surface area contributed by atoms with Crippen LogP contribution in [0.2, 0.25) is 0 Å². The summed E-state index contributed by atoms with van der Waals surface area (Å²) in [6.45, 7) is 0.926. The molecule has 0 spiro atoms. The minimum absolute atomic E-state index is 0.119. The first-order valence-electron chi connectivity index (χ1n) is 4.72. The van der Waals surface area contributed by atoms with Crippen LogP contribution in [0.1, 0.15) is 10.4 Å². The fourth-order valence-corrected chi connectivity index (χ4v) is 1.34. The van der Waals surface area contributed by atoms with Gasteiger partial charge in [0.1, 0.15) is 5.65 Å². The average molecular weight is 204 g/mol. The lowest BCUT2D eigenvalue weighted by Crippen LogP contribution is -2.28. The maximum atomic E-state index is 11.6. The number of aromatic nitrogens is 2. The topological polar surface area (TPSA) is 72.4 Å². The van der Waals surface area contributed by atoms with E-state index in [9.17, 15) is 4.79 Å². The molecule has 0 atom stereocenters. The first-order valence-corrected chi connectivity index (χ1v) is 4.72. The molecule has 2 aromatic heterocycles. The van der Waals surface area contributed by atoms with Gasteiger partial charge in [0, 0.05) is 37.2 Å². The Morgan fingerprint density at radius 3 is 3.20 bits per heavy atom. The fourth-order valence-electron chi connectivity index (χ4n) is 1.34. The molecule has 2 heterocycles. The molecule has 2 rings (SSSR count). The van der Waals surface area contributed by atoms with Crippen LogP contribution in [0.3, 0.4) is 0 Å². The number of hydrogen-bond acceptors (Lipinski definition) is 3. The number of amides is 1. The third-order valence-electron chi connectivity index (χ3n) is 2.09. The minimum Gasteiger partial charge on any atom is -0.351 e. The first-order chi connectivity index (χ1) is 7.31. The Kier molecular flexibility index (Phi) is 2.64. The maximum Gasteiger partial charge on any atom is 0.251 e. The number of imidazole rings is 1. The largest absolute Gasteiger partial charge is 0.351 e. The molecule has 2 aromatic rings. The molecule has 0 radical (unpaired) electrons. The van der Waals surface area contributed by atoms with Crippen molar-refractivity contribution in [2.75, 3.05) is 13.1 Å². The molecule has 0 aliphatic heterocycles. The summed E-state index contributed by atoms with van der Waals surface area (Å²) in [6, 6.07) is 3.49. The summed E-state index contributed by atoms with van der Waals surface area (Å²) < 4.78 is 1.85. The van der Waals surface area contributed by atoms with Gasteiger partial charge in [-0.2, -0.15) is 0 Å². The number of pyridine rings is 1. The Balaban J connectivity index is 2.23. The van der Waals surface area contributed by atoms with Crippen LogP contribution in [0, 0.1) is 0 Å². The van der Waals surface area contributed by atoms with Gasteiger partial charge in [0.15, 0.2) is 0 Å². The van der Waals surface area contributed by atoms with Crippen molar-refractivity contribution < 1.29 is 4.79 Å². The van der Waals surface area contributed by atoms with Crippen molar-refractivity contribution in [1.29, 1.82) is 0 Å². The monoisotopic (exact) mass is 204 g/mol. The molecule has 78 valence electrons. The van der Waals surface area contributed by atoms with Gasteiger partial charge in [0.05, 0.1) is 0 Å². The Morgan fingerprint density at radius 2 is 2.40 bits per heavy atom. The number of hydrogen-bond donors (Lipinski definition) is 2. The van der Waals surface area contributed by atoms with Crippen molar-refractivity contribution in [3.8, 4) is 0 Å². The van der Waals surface area contributed by atoms with Crippen LogP contribution in [-0.4, -0.2) is 28.4 Å². The van der Waals surface area contributed by atoms with Crippen LogP contribution in [0.25, 0.3) is 5.65 Å². The van der Waals surface area contributed by atoms with Gasteiger partial charge in [-0.15, -0.1) is 0 Å². The molecular formula is C10H12N4O. The number of carbonyl (C=O) groups excluding carboxylic acids is 1. The van der Waals surface area contributed by atoms with Crippen LogP contribution in [0.15, 0.2) is 30.7 Å². The molecule has 3 N–H and O–H groups in total. The molecule has 0 fully saturated rings. The van der Waals surface area contributed by atoms with Crippen molar-refractivity contribution in [2.24, 2.45) is 5.73 Å². The lowest BCUT2D eigenvalue weighted by atomic mass is 10.2. The molecule has 1 amide bonds. The summed E-state index contributed by atoms with van der Waals surface area (Å²) in [5.41, 5.74) is 6.66. The van der Waals surface area contributed by atoms with E-state index in [-0.39, 0.29) is 5.91 Å². The standard InChI is InChI=1S/C10H12N4O/c11-2-3-13-10(15)8-1-5-14-6-4-12-9(14)7-8/h1,4-7H,2-3,11H2,(H,13,15). The third-order valence-corrected chi connectivity index (χ3v) is 2.09. The number of fused-ring (bicyclic) bond motifs is 1. The average Bonchev–Trinajstić information content (AvgIpc) is 2.72. The highest BCUT2D eigenvalue weighted by Crippen LogP contribution is 2.04. The van der Waals surface area contributed by atoms with E-state index in [1.165, 1.54) is 0 Å². The van der Waals surface area contributed by atoms with Crippen molar-refractivity contribution >= 4 is 11.6 Å². The Morgan fingerprint density at radius 1 is 1.53 bits per heavy atom. The SMILES string of the molecule is NCCNC(=O)c1ccn2ccnc2c1. The Bertz CT molecular complexity index is 477. The summed E-state index contributed by atoms with van der Waals surface area (Å²) in [5.74, 6) is -0.119. The zero-order chi connectivity index (χ0) is 10.7. The highest BCUT2D eigenvalue weighted by atomic mass is 16.1. The normalized spacial score (nSPS) is 10.5. The van der Waals surface area contributed by atoms with Crippen LogP contribution in [-0.2, 0) is 0 Å². The molecule has 0 unspecified atom stereocenters. The van der Waals surface area contributed by atoms with Crippen LogP contribution >= 0.6 is 0 Å². The zero-order valence-electron chi connectivity index (χ0n) is 8.18. The summed E-state index contributed by atoms with van der Waals surface area (Å²) >= 11 is 0. The molecule has 0 saturated carbocycles. The van der Waals surface area contributed by atoms with E-state index in [1.54, 1.807) is 24.5 Å². The number of nitrogens with zero attached hydrogens (tertiary/aromatic N) is 2. The lowest BCUT2D eigenvalue weighted by molar-refractivity contribution is 0.0954. The second kappa shape index (κ2) is 4.10. The van der Waals surface area contributed by atoms with Gasteiger partial charge in [0.2, 0.25) is 0 Å². The van der Waals surface area contributed by atoms with E-state index in [4.69, 9.17) is 5.73 Å². The van der Waals surface area contributed by atoms with Gasteiger partial charge in [-0.1, -0.05) is 0 Å². The second-order valence-corrected chi connectivity index (χ2v) is 3.15. The van der Waals surface area contributed by atoms with E-state index in [0.29, 0.717) is 18.7 Å². The van der Waals surface area contributed by atoms with Crippen LogP contribution in [0.4, 0.5) is 0 Å². The third kappa shape index (κ3) is 1.97.